The Morgan fingerprint density at radius 2 is 2.25 bits per heavy atom. The Labute approximate surface area is 113 Å². The molecule has 0 saturated carbocycles. The third kappa shape index (κ3) is 2.71. The van der Waals surface area contributed by atoms with Crippen molar-refractivity contribution in [1.82, 2.24) is 14.8 Å². The second-order valence-corrected chi connectivity index (χ2v) is 3.87. The number of rotatable bonds is 4. The molecule has 0 atom stereocenters. The van der Waals surface area contributed by atoms with E-state index in [1.807, 2.05) is 0 Å². The molecule has 0 spiro atoms. The van der Waals surface area contributed by atoms with Gasteiger partial charge >= 0.3 is 11.7 Å². The Morgan fingerprint density at radius 1 is 1.50 bits per heavy atom. The van der Waals surface area contributed by atoms with Crippen LogP contribution in [-0.2, 0) is 11.8 Å². The van der Waals surface area contributed by atoms with Gasteiger partial charge in [0.1, 0.15) is 0 Å². The van der Waals surface area contributed by atoms with Crippen molar-refractivity contribution in [3.05, 3.63) is 40.3 Å². The van der Waals surface area contributed by atoms with Gasteiger partial charge < -0.3 is 10.1 Å². The van der Waals surface area contributed by atoms with Crippen LogP contribution in [0.15, 0.2) is 24.7 Å². The topological polar surface area (TPSA) is 112 Å². The number of ether oxygens (including phenoxy) is 1. The van der Waals surface area contributed by atoms with Gasteiger partial charge in [-0.1, -0.05) is 0 Å². The first-order valence-electron chi connectivity index (χ1n) is 5.49. The summed E-state index contributed by atoms with van der Waals surface area (Å²) in [6.07, 6.45) is 4.34. The molecule has 0 aliphatic carbocycles. The molecule has 104 valence electrons. The lowest BCUT2D eigenvalue weighted by molar-refractivity contribution is -0.384. The Kier molecular flexibility index (Phi) is 3.60. The van der Waals surface area contributed by atoms with Gasteiger partial charge in [-0.2, -0.15) is 5.10 Å². The van der Waals surface area contributed by atoms with E-state index in [9.17, 15) is 14.9 Å². The second-order valence-electron chi connectivity index (χ2n) is 3.87. The Morgan fingerprint density at radius 3 is 2.80 bits per heavy atom. The fraction of sp³-hybridized carbons (Fsp3) is 0.182. The number of methoxy groups -OCH3 is 1. The molecule has 0 aliphatic rings. The molecule has 0 radical (unpaired) electrons. The van der Waals surface area contributed by atoms with E-state index in [1.54, 1.807) is 13.2 Å². The number of hydrogen-bond donors (Lipinski definition) is 1. The molecule has 9 nitrogen and oxygen atoms in total. The van der Waals surface area contributed by atoms with E-state index in [2.05, 4.69) is 20.1 Å². The smallest absolute Gasteiger partial charge is 0.339 e. The van der Waals surface area contributed by atoms with Crippen molar-refractivity contribution < 1.29 is 14.5 Å². The minimum absolute atomic E-state index is 0.0101. The van der Waals surface area contributed by atoms with Crippen LogP contribution in [0.3, 0.4) is 0 Å². The van der Waals surface area contributed by atoms with Crippen LogP contribution in [0, 0.1) is 10.1 Å². The molecule has 2 aromatic heterocycles. The maximum absolute atomic E-state index is 11.3. The minimum Gasteiger partial charge on any atom is -0.465 e. The van der Waals surface area contributed by atoms with Crippen molar-refractivity contribution in [2.24, 2.45) is 7.05 Å². The molecule has 0 fully saturated rings. The summed E-state index contributed by atoms with van der Waals surface area (Å²) >= 11 is 0. The van der Waals surface area contributed by atoms with Crippen LogP contribution in [0.1, 0.15) is 10.4 Å². The third-order valence-corrected chi connectivity index (χ3v) is 2.45. The average Bonchev–Trinajstić information content (AvgIpc) is 2.83. The summed E-state index contributed by atoms with van der Waals surface area (Å²) in [5.41, 5.74) is 0.238. The summed E-state index contributed by atoms with van der Waals surface area (Å²) in [4.78, 5) is 25.6. The van der Waals surface area contributed by atoms with Crippen molar-refractivity contribution in [1.29, 1.82) is 0 Å². The molecule has 0 aromatic carbocycles. The number of pyridine rings is 1. The molecule has 2 heterocycles. The highest BCUT2D eigenvalue weighted by molar-refractivity contribution is 5.90. The molecular formula is C11H11N5O4. The number of aromatic nitrogens is 3. The fourth-order valence-corrected chi connectivity index (χ4v) is 1.54. The predicted molar refractivity (Wildman–Crippen MR) is 68.7 cm³/mol. The summed E-state index contributed by atoms with van der Waals surface area (Å²) < 4.78 is 6.04. The highest BCUT2D eigenvalue weighted by Gasteiger charge is 2.20. The molecule has 2 rings (SSSR count). The van der Waals surface area contributed by atoms with Gasteiger partial charge in [-0.3, -0.25) is 14.8 Å². The summed E-state index contributed by atoms with van der Waals surface area (Å²) in [6, 6.07) is 1.11. The number of esters is 1. The highest BCUT2D eigenvalue weighted by atomic mass is 16.6. The lowest BCUT2D eigenvalue weighted by atomic mass is 10.2. The van der Waals surface area contributed by atoms with Crippen molar-refractivity contribution in [3.8, 4) is 0 Å². The number of hydrogen-bond acceptors (Lipinski definition) is 7. The summed E-state index contributed by atoms with van der Waals surface area (Å²) in [5, 5.41) is 17.7. The molecular weight excluding hydrogens is 266 g/mol. The predicted octanol–water partition coefficient (Wildman–Crippen LogP) is 1.25. The van der Waals surface area contributed by atoms with E-state index in [0.29, 0.717) is 5.69 Å². The molecule has 20 heavy (non-hydrogen) atoms. The van der Waals surface area contributed by atoms with Crippen LogP contribution in [0.25, 0.3) is 0 Å². The molecule has 1 N–H and O–H groups in total. The van der Waals surface area contributed by atoms with E-state index >= 15 is 0 Å². The van der Waals surface area contributed by atoms with Gasteiger partial charge in [0.2, 0.25) is 5.82 Å². The van der Waals surface area contributed by atoms with E-state index in [4.69, 9.17) is 0 Å². The second kappa shape index (κ2) is 5.34. The Bertz CT molecular complexity index is 667. The summed E-state index contributed by atoms with van der Waals surface area (Å²) in [6.45, 7) is 0. The zero-order valence-electron chi connectivity index (χ0n) is 10.7. The van der Waals surface area contributed by atoms with Crippen LogP contribution < -0.4 is 5.32 Å². The summed E-state index contributed by atoms with van der Waals surface area (Å²) in [7, 11) is 2.91. The van der Waals surface area contributed by atoms with Crippen LogP contribution in [0.2, 0.25) is 0 Å². The standard InChI is InChI=1S/C11H11N5O4/c1-15-6-8(5-13-15)14-10-9(16(18)19)3-7(4-12-10)11(17)20-2/h3-6H,1-2H3,(H,12,14). The lowest BCUT2D eigenvalue weighted by Crippen LogP contribution is -2.05. The molecule has 0 amide bonds. The van der Waals surface area contributed by atoms with E-state index in [0.717, 1.165) is 6.07 Å². The van der Waals surface area contributed by atoms with E-state index in [-0.39, 0.29) is 17.1 Å². The number of nitrogens with one attached hydrogen (secondary N) is 1. The van der Waals surface area contributed by atoms with E-state index < -0.39 is 10.9 Å². The Hall–Kier alpha value is -2.97. The van der Waals surface area contributed by atoms with Crippen molar-refractivity contribution in [2.75, 3.05) is 12.4 Å². The number of carbonyl (C=O) groups excluding carboxylic acids is 1. The zero-order chi connectivity index (χ0) is 14.7. The third-order valence-electron chi connectivity index (χ3n) is 2.45. The Balaban J connectivity index is 2.37. The molecule has 9 heteroatoms. The normalized spacial score (nSPS) is 10.1. The maximum Gasteiger partial charge on any atom is 0.339 e. The number of nitro groups is 1. The fourth-order valence-electron chi connectivity index (χ4n) is 1.54. The SMILES string of the molecule is COC(=O)c1cnc(Nc2cnn(C)c2)c([N+](=O)[O-])c1. The molecule has 2 aromatic rings. The quantitative estimate of drug-likeness (QED) is 0.508. The molecule has 0 aliphatic heterocycles. The van der Waals surface area contributed by atoms with Crippen LogP contribution in [-0.4, -0.2) is 32.8 Å². The van der Waals surface area contributed by atoms with Crippen LogP contribution >= 0.6 is 0 Å². The first kappa shape index (κ1) is 13.5. The van der Waals surface area contributed by atoms with Gasteiger partial charge in [0, 0.05) is 25.5 Å². The monoisotopic (exact) mass is 277 g/mol. The first-order valence-corrected chi connectivity index (χ1v) is 5.49. The van der Waals surface area contributed by atoms with Crippen LogP contribution in [0.5, 0.6) is 0 Å². The largest absolute Gasteiger partial charge is 0.465 e. The minimum atomic E-state index is -0.687. The number of carbonyl (C=O) groups is 1. The average molecular weight is 277 g/mol. The van der Waals surface area contributed by atoms with Gasteiger partial charge in [0.25, 0.3) is 0 Å². The zero-order valence-corrected chi connectivity index (χ0v) is 10.7. The first-order chi connectivity index (χ1) is 9.51. The highest BCUT2D eigenvalue weighted by Crippen LogP contribution is 2.26. The summed E-state index contributed by atoms with van der Waals surface area (Å²) in [5.74, 6) is -0.663. The maximum atomic E-state index is 11.3. The van der Waals surface area contributed by atoms with Gasteiger partial charge in [-0.15, -0.1) is 0 Å². The molecule has 0 unspecified atom stereocenters. The van der Waals surface area contributed by atoms with Gasteiger partial charge in [0.05, 0.1) is 29.5 Å². The lowest BCUT2D eigenvalue weighted by Gasteiger charge is -2.05. The van der Waals surface area contributed by atoms with Crippen molar-refractivity contribution >= 4 is 23.2 Å². The van der Waals surface area contributed by atoms with Gasteiger partial charge in [-0.25, -0.2) is 9.78 Å². The number of nitrogens with zero attached hydrogens (tertiary/aromatic N) is 4. The van der Waals surface area contributed by atoms with Crippen molar-refractivity contribution in [3.63, 3.8) is 0 Å². The number of anilines is 2. The van der Waals surface area contributed by atoms with Crippen molar-refractivity contribution in [2.45, 2.75) is 0 Å². The van der Waals surface area contributed by atoms with Gasteiger partial charge in [0.15, 0.2) is 0 Å². The van der Waals surface area contributed by atoms with E-state index in [1.165, 1.54) is 24.2 Å². The molecule has 0 bridgehead atoms. The number of aryl methyl sites for hydroxylation is 1. The molecule has 0 saturated heterocycles. The van der Waals surface area contributed by atoms with Gasteiger partial charge in [-0.05, 0) is 0 Å². The van der Waals surface area contributed by atoms with Crippen LogP contribution in [0.4, 0.5) is 17.2 Å².